The second kappa shape index (κ2) is 3.41. The first-order chi connectivity index (χ1) is 6.21. The van der Waals surface area contributed by atoms with E-state index in [9.17, 15) is 0 Å². The van der Waals surface area contributed by atoms with E-state index >= 15 is 0 Å². The van der Waals surface area contributed by atoms with Gasteiger partial charge in [-0.3, -0.25) is 0 Å². The quantitative estimate of drug-likeness (QED) is 0.591. The van der Waals surface area contributed by atoms with E-state index in [1.165, 1.54) is 25.7 Å². The monoisotopic (exact) mass is 180 g/mol. The number of hydrogen-bond acceptors (Lipinski definition) is 2. The fourth-order valence-corrected chi connectivity index (χ4v) is 3.00. The molecule has 0 saturated heterocycles. The highest BCUT2D eigenvalue weighted by molar-refractivity contribution is 5.82. The summed E-state index contributed by atoms with van der Waals surface area (Å²) in [4.78, 5) is 0. The van der Waals surface area contributed by atoms with Crippen LogP contribution in [0, 0.1) is 11.3 Å². The Kier molecular flexibility index (Phi) is 2.41. The zero-order chi connectivity index (χ0) is 9.31. The van der Waals surface area contributed by atoms with Crippen LogP contribution in [0.15, 0.2) is 0 Å². The van der Waals surface area contributed by atoms with Crippen LogP contribution in [0.2, 0.25) is 0 Å². The van der Waals surface area contributed by atoms with Crippen LogP contribution >= 0.6 is 0 Å². The van der Waals surface area contributed by atoms with E-state index < -0.39 is 0 Å². The molecule has 2 nitrogen and oxygen atoms in total. The molecule has 0 radical (unpaired) electrons. The summed E-state index contributed by atoms with van der Waals surface area (Å²) in [5.74, 6) is 0.622. The molecule has 2 fully saturated rings. The highest BCUT2D eigenvalue weighted by Crippen LogP contribution is 2.39. The average molecular weight is 180 g/mol. The standard InChI is InChI=1S/C11H20N2/c12-10-5-3-7-11(13)6-2-1-4-9(11)8-10/h9,12H,1-8,13H2. The van der Waals surface area contributed by atoms with Gasteiger partial charge in [-0.2, -0.15) is 0 Å². The van der Waals surface area contributed by atoms with E-state index in [-0.39, 0.29) is 5.54 Å². The van der Waals surface area contributed by atoms with Gasteiger partial charge in [0.25, 0.3) is 0 Å². The first-order valence-corrected chi connectivity index (χ1v) is 5.56. The highest BCUT2D eigenvalue weighted by atomic mass is 14.8. The summed E-state index contributed by atoms with van der Waals surface area (Å²) >= 11 is 0. The molecule has 0 amide bonds. The summed E-state index contributed by atoms with van der Waals surface area (Å²) in [7, 11) is 0. The molecule has 2 saturated carbocycles. The van der Waals surface area contributed by atoms with E-state index in [0.29, 0.717) is 5.92 Å². The average Bonchev–Trinajstić information content (AvgIpc) is 2.23. The topological polar surface area (TPSA) is 49.9 Å². The summed E-state index contributed by atoms with van der Waals surface area (Å²) in [5.41, 5.74) is 7.47. The van der Waals surface area contributed by atoms with Crippen molar-refractivity contribution in [2.75, 3.05) is 0 Å². The van der Waals surface area contributed by atoms with Gasteiger partial charge in [-0.15, -0.1) is 0 Å². The molecule has 0 aromatic heterocycles. The van der Waals surface area contributed by atoms with E-state index in [2.05, 4.69) is 0 Å². The van der Waals surface area contributed by atoms with Crippen molar-refractivity contribution >= 4 is 5.71 Å². The minimum Gasteiger partial charge on any atom is -0.325 e. The van der Waals surface area contributed by atoms with Crippen molar-refractivity contribution in [3.63, 3.8) is 0 Å². The molecule has 13 heavy (non-hydrogen) atoms. The maximum atomic E-state index is 7.78. The van der Waals surface area contributed by atoms with Crippen molar-refractivity contribution in [3.05, 3.63) is 0 Å². The van der Waals surface area contributed by atoms with Crippen LogP contribution in [0.3, 0.4) is 0 Å². The van der Waals surface area contributed by atoms with Gasteiger partial charge in [0.2, 0.25) is 0 Å². The maximum absolute atomic E-state index is 7.78. The first-order valence-electron chi connectivity index (χ1n) is 5.56. The lowest BCUT2D eigenvalue weighted by Crippen LogP contribution is -2.48. The molecule has 0 bridgehead atoms. The minimum absolute atomic E-state index is 0.0983. The Bertz CT molecular complexity index is 212. The van der Waals surface area contributed by atoms with Gasteiger partial charge in [0, 0.05) is 11.3 Å². The molecular formula is C11H20N2. The van der Waals surface area contributed by atoms with Crippen molar-refractivity contribution in [2.45, 2.75) is 56.9 Å². The third-order valence-corrected chi connectivity index (χ3v) is 3.87. The van der Waals surface area contributed by atoms with Crippen LogP contribution in [0.25, 0.3) is 0 Å². The molecule has 3 N–H and O–H groups in total. The number of rotatable bonds is 0. The summed E-state index contributed by atoms with van der Waals surface area (Å²) in [6.45, 7) is 0. The third kappa shape index (κ3) is 1.78. The Morgan fingerprint density at radius 1 is 1.23 bits per heavy atom. The number of hydrogen-bond donors (Lipinski definition) is 2. The van der Waals surface area contributed by atoms with Gasteiger partial charge in [-0.1, -0.05) is 12.8 Å². The summed E-state index contributed by atoms with van der Waals surface area (Å²) < 4.78 is 0. The van der Waals surface area contributed by atoms with Crippen LogP contribution in [0.1, 0.15) is 51.4 Å². The van der Waals surface area contributed by atoms with Crippen molar-refractivity contribution < 1.29 is 0 Å². The Morgan fingerprint density at radius 2 is 2.00 bits per heavy atom. The van der Waals surface area contributed by atoms with Crippen LogP contribution in [0.4, 0.5) is 0 Å². The van der Waals surface area contributed by atoms with Gasteiger partial charge < -0.3 is 11.1 Å². The van der Waals surface area contributed by atoms with Gasteiger partial charge in [-0.05, 0) is 44.4 Å². The van der Waals surface area contributed by atoms with E-state index in [0.717, 1.165) is 31.4 Å². The van der Waals surface area contributed by atoms with Gasteiger partial charge >= 0.3 is 0 Å². The molecule has 0 heterocycles. The van der Waals surface area contributed by atoms with Crippen molar-refractivity contribution in [2.24, 2.45) is 11.7 Å². The molecule has 0 aromatic rings. The molecule has 0 aromatic carbocycles. The van der Waals surface area contributed by atoms with E-state index in [1.807, 2.05) is 0 Å². The van der Waals surface area contributed by atoms with Gasteiger partial charge in [0.15, 0.2) is 0 Å². The summed E-state index contributed by atoms with van der Waals surface area (Å²) in [6.07, 6.45) is 9.37. The second-order valence-electron chi connectivity index (χ2n) is 4.84. The molecule has 2 atom stereocenters. The first kappa shape index (κ1) is 9.20. The Balaban J connectivity index is 2.13. The van der Waals surface area contributed by atoms with E-state index in [1.54, 1.807) is 0 Å². The SMILES string of the molecule is N=C1CCCC2(N)CCCCC2C1. The number of fused-ring (bicyclic) bond motifs is 1. The number of nitrogens with one attached hydrogen (secondary N) is 1. The van der Waals surface area contributed by atoms with Crippen molar-refractivity contribution in [1.29, 1.82) is 5.41 Å². The van der Waals surface area contributed by atoms with Crippen molar-refractivity contribution in [1.82, 2.24) is 0 Å². The molecule has 2 aliphatic rings. The van der Waals surface area contributed by atoms with Crippen LogP contribution in [-0.2, 0) is 0 Å². The maximum Gasteiger partial charge on any atom is 0.0186 e. The number of nitrogens with two attached hydrogens (primary N) is 1. The predicted molar refractivity (Wildman–Crippen MR) is 55.1 cm³/mol. The van der Waals surface area contributed by atoms with Crippen LogP contribution in [-0.4, -0.2) is 11.3 Å². The van der Waals surface area contributed by atoms with Gasteiger partial charge in [-0.25, -0.2) is 0 Å². The largest absolute Gasteiger partial charge is 0.325 e. The molecule has 2 heteroatoms. The second-order valence-corrected chi connectivity index (χ2v) is 4.84. The highest BCUT2D eigenvalue weighted by Gasteiger charge is 2.38. The Hall–Kier alpha value is -0.370. The Morgan fingerprint density at radius 3 is 2.85 bits per heavy atom. The third-order valence-electron chi connectivity index (χ3n) is 3.87. The molecule has 0 aliphatic heterocycles. The zero-order valence-electron chi connectivity index (χ0n) is 8.31. The van der Waals surface area contributed by atoms with Crippen molar-refractivity contribution in [3.8, 4) is 0 Å². The predicted octanol–water partition coefficient (Wildman–Crippen LogP) is 2.47. The van der Waals surface area contributed by atoms with Crippen LogP contribution in [0.5, 0.6) is 0 Å². The molecular weight excluding hydrogens is 160 g/mol. The lowest BCUT2D eigenvalue weighted by Gasteiger charge is -2.40. The normalized spacial score (nSPS) is 41.0. The minimum atomic E-state index is 0.0983. The van der Waals surface area contributed by atoms with Gasteiger partial charge in [0.05, 0.1) is 0 Å². The van der Waals surface area contributed by atoms with Gasteiger partial charge in [0.1, 0.15) is 0 Å². The molecule has 2 aliphatic carbocycles. The van der Waals surface area contributed by atoms with Crippen LogP contribution < -0.4 is 5.73 Å². The summed E-state index contributed by atoms with van der Waals surface area (Å²) in [6, 6.07) is 0. The fraction of sp³-hybridized carbons (Fsp3) is 0.909. The molecule has 0 spiro atoms. The Labute approximate surface area is 80.4 Å². The molecule has 2 unspecified atom stereocenters. The fourth-order valence-electron chi connectivity index (χ4n) is 3.00. The smallest absolute Gasteiger partial charge is 0.0186 e. The lowest BCUT2D eigenvalue weighted by molar-refractivity contribution is 0.186. The lowest BCUT2D eigenvalue weighted by atomic mass is 9.70. The zero-order valence-corrected chi connectivity index (χ0v) is 8.31. The summed E-state index contributed by atoms with van der Waals surface area (Å²) in [5, 5.41) is 7.78. The molecule has 2 rings (SSSR count). The van der Waals surface area contributed by atoms with E-state index in [4.69, 9.17) is 11.1 Å². The molecule has 74 valence electrons.